The summed E-state index contributed by atoms with van der Waals surface area (Å²) in [7, 11) is 1.71. The van der Waals surface area contributed by atoms with Crippen molar-refractivity contribution in [1.29, 1.82) is 0 Å². The molecule has 4 nitrogen and oxygen atoms in total. The van der Waals surface area contributed by atoms with Crippen LogP contribution in [-0.2, 0) is 7.05 Å². The van der Waals surface area contributed by atoms with E-state index < -0.39 is 0 Å². The van der Waals surface area contributed by atoms with Gasteiger partial charge in [0.2, 0.25) is 0 Å². The quantitative estimate of drug-likeness (QED) is 0.795. The summed E-state index contributed by atoms with van der Waals surface area (Å²) < 4.78 is 1.51. The predicted molar refractivity (Wildman–Crippen MR) is 71.7 cm³/mol. The van der Waals surface area contributed by atoms with Gasteiger partial charge < -0.3 is 9.88 Å². The van der Waals surface area contributed by atoms with E-state index in [0.29, 0.717) is 18.2 Å². The number of aryl methyl sites for hydroxylation is 1. The van der Waals surface area contributed by atoms with Gasteiger partial charge in [-0.1, -0.05) is 13.8 Å². The third-order valence-electron chi connectivity index (χ3n) is 3.43. The van der Waals surface area contributed by atoms with E-state index in [9.17, 15) is 4.79 Å². The van der Waals surface area contributed by atoms with Gasteiger partial charge in [-0.05, 0) is 12.8 Å². The molecule has 0 aliphatic carbocycles. The average molecular weight is 258 g/mol. The van der Waals surface area contributed by atoms with E-state index in [2.05, 4.69) is 24.1 Å². The lowest BCUT2D eigenvalue weighted by Crippen LogP contribution is -2.33. The van der Waals surface area contributed by atoms with Gasteiger partial charge in [0.25, 0.3) is 5.56 Å². The fourth-order valence-corrected chi connectivity index (χ4v) is 2.10. The lowest BCUT2D eigenvalue weighted by Gasteiger charge is -2.29. The maximum absolute atomic E-state index is 11.8. The molecule has 0 saturated carbocycles. The Balaban J connectivity index is 2.79. The standard InChI is InChI=1S/C12H20ClN3O/c1-4-12(5-2,8-13)9-15-10-11(17)16(3)7-6-14-10/h6-7H,4-5,8-9H2,1-3H3,(H,14,15). The molecule has 1 aromatic rings. The van der Waals surface area contributed by atoms with E-state index in [-0.39, 0.29) is 11.0 Å². The fourth-order valence-electron chi connectivity index (χ4n) is 1.63. The summed E-state index contributed by atoms with van der Waals surface area (Å²) >= 11 is 6.02. The first-order valence-electron chi connectivity index (χ1n) is 5.90. The Morgan fingerprint density at radius 2 is 2.12 bits per heavy atom. The Bertz CT molecular complexity index is 404. The van der Waals surface area contributed by atoms with Crippen molar-refractivity contribution in [1.82, 2.24) is 9.55 Å². The van der Waals surface area contributed by atoms with Crippen LogP contribution in [0.25, 0.3) is 0 Å². The van der Waals surface area contributed by atoms with Gasteiger partial charge >= 0.3 is 0 Å². The molecule has 1 N–H and O–H groups in total. The van der Waals surface area contributed by atoms with Crippen LogP contribution in [-0.4, -0.2) is 22.0 Å². The van der Waals surface area contributed by atoms with Gasteiger partial charge in [-0.15, -0.1) is 11.6 Å². The number of aromatic nitrogens is 2. The van der Waals surface area contributed by atoms with Crippen molar-refractivity contribution in [2.75, 3.05) is 17.7 Å². The van der Waals surface area contributed by atoms with Gasteiger partial charge in [-0.25, -0.2) is 4.98 Å². The molecular weight excluding hydrogens is 238 g/mol. The molecule has 1 heterocycles. The molecule has 0 bridgehead atoms. The molecule has 5 heteroatoms. The van der Waals surface area contributed by atoms with Gasteiger partial charge in [0.1, 0.15) is 0 Å². The van der Waals surface area contributed by atoms with Crippen molar-refractivity contribution < 1.29 is 0 Å². The first-order valence-corrected chi connectivity index (χ1v) is 6.43. The summed E-state index contributed by atoms with van der Waals surface area (Å²) in [4.78, 5) is 15.8. The zero-order valence-electron chi connectivity index (χ0n) is 10.7. The van der Waals surface area contributed by atoms with Crippen molar-refractivity contribution >= 4 is 17.4 Å². The topological polar surface area (TPSA) is 46.9 Å². The van der Waals surface area contributed by atoms with Crippen LogP contribution in [0.4, 0.5) is 5.82 Å². The van der Waals surface area contributed by atoms with E-state index in [1.807, 2.05) is 0 Å². The average Bonchev–Trinajstić information content (AvgIpc) is 2.36. The maximum Gasteiger partial charge on any atom is 0.293 e. The van der Waals surface area contributed by atoms with Crippen molar-refractivity contribution in [2.45, 2.75) is 26.7 Å². The van der Waals surface area contributed by atoms with Crippen LogP contribution in [0.5, 0.6) is 0 Å². The largest absolute Gasteiger partial charge is 0.365 e. The SMILES string of the molecule is CCC(CC)(CCl)CNc1nccn(C)c1=O. The summed E-state index contributed by atoms with van der Waals surface area (Å²) in [6.07, 6.45) is 5.21. The summed E-state index contributed by atoms with van der Waals surface area (Å²) in [6, 6.07) is 0. The fraction of sp³-hybridized carbons (Fsp3) is 0.667. The van der Waals surface area contributed by atoms with Crippen molar-refractivity contribution in [3.8, 4) is 0 Å². The van der Waals surface area contributed by atoms with Crippen LogP contribution < -0.4 is 10.9 Å². The molecular formula is C12H20ClN3O. The van der Waals surface area contributed by atoms with Gasteiger partial charge in [-0.3, -0.25) is 4.79 Å². The molecule has 0 fully saturated rings. The molecule has 17 heavy (non-hydrogen) atoms. The third kappa shape index (κ3) is 3.22. The monoisotopic (exact) mass is 257 g/mol. The van der Waals surface area contributed by atoms with Gasteiger partial charge in [-0.2, -0.15) is 0 Å². The predicted octanol–water partition coefficient (Wildman–Crippen LogP) is 2.24. The van der Waals surface area contributed by atoms with Crippen molar-refractivity contribution in [3.63, 3.8) is 0 Å². The molecule has 0 spiro atoms. The van der Waals surface area contributed by atoms with E-state index in [1.165, 1.54) is 4.57 Å². The molecule has 0 radical (unpaired) electrons. The lowest BCUT2D eigenvalue weighted by atomic mass is 9.84. The Morgan fingerprint density at radius 1 is 1.47 bits per heavy atom. The Morgan fingerprint density at radius 3 is 2.65 bits per heavy atom. The highest BCUT2D eigenvalue weighted by molar-refractivity contribution is 6.18. The summed E-state index contributed by atoms with van der Waals surface area (Å²) in [6.45, 7) is 4.91. The van der Waals surface area contributed by atoms with Crippen LogP contribution in [0.1, 0.15) is 26.7 Å². The van der Waals surface area contributed by atoms with Crippen LogP contribution in [0.15, 0.2) is 17.2 Å². The number of alkyl halides is 1. The van der Waals surface area contributed by atoms with Gasteiger partial charge in [0.15, 0.2) is 5.82 Å². The second-order valence-corrected chi connectivity index (χ2v) is 4.65. The molecule has 1 rings (SSSR count). The number of anilines is 1. The number of rotatable bonds is 6. The normalized spacial score (nSPS) is 11.5. The van der Waals surface area contributed by atoms with Crippen LogP contribution in [0.3, 0.4) is 0 Å². The summed E-state index contributed by atoms with van der Waals surface area (Å²) in [5.74, 6) is 0.978. The second kappa shape index (κ2) is 6.05. The lowest BCUT2D eigenvalue weighted by molar-refractivity contribution is 0.326. The smallest absolute Gasteiger partial charge is 0.293 e. The molecule has 0 aliphatic heterocycles. The Labute approximate surface area is 107 Å². The van der Waals surface area contributed by atoms with Crippen LogP contribution in [0, 0.1) is 5.41 Å². The molecule has 0 saturated heterocycles. The molecule has 0 amide bonds. The number of hydrogen-bond donors (Lipinski definition) is 1. The molecule has 0 aromatic carbocycles. The zero-order valence-corrected chi connectivity index (χ0v) is 11.4. The minimum absolute atomic E-state index is 0.0318. The van der Waals surface area contributed by atoms with E-state index in [1.54, 1.807) is 19.4 Å². The minimum Gasteiger partial charge on any atom is -0.365 e. The highest BCUT2D eigenvalue weighted by Crippen LogP contribution is 2.27. The molecule has 96 valence electrons. The minimum atomic E-state index is -0.108. The Hall–Kier alpha value is -1.03. The molecule has 0 aliphatic rings. The van der Waals surface area contributed by atoms with E-state index in [0.717, 1.165) is 12.8 Å². The second-order valence-electron chi connectivity index (χ2n) is 4.39. The van der Waals surface area contributed by atoms with E-state index >= 15 is 0 Å². The van der Waals surface area contributed by atoms with Crippen molar-refractivity contribution in [3.05, 3.63) is 22.7 Å². The summed E-state index contributed by atoms with van der Waals surface area (Å²) in [5, 5.41) is 3.12. The number of halogens is 1. The number of nitrogens with one attached hydrogen (secondary N) is 1. The highest BCUT2D eigenvalue weighted by Gasteiger charge is 2.25. The summed E-state index contributed by atoms with van der Waals surface area (Å²) in [5.41, 5.74) is -0.0763. The third-order valence-corrected chi connectivity index (χ3v) is 4.00. The molecule has 0 unspecified atom stereocenters. The van der Waals surface area contributed by atoms with Gasteiger partial charge in [0.05, 0.1) is 0 Å². The number of nitrogens with zero attached hydrogens (tertiary/aromatic N) is 2. The van der Waals surface area contributed by atoms with E-state index in [4.69, 9.17) is 11.6 Å². The first kappa shape index (κ1) is 14.0. The highest BCUT2D eigenvalue weighted by atomic mass is 35.5. The molecule has 1 aromatic heterocycles. The maximum atomic E-state index is 11.8. The van der Waals surface area contributed by atoms with Crippen LogP contribution >= 0.6 is 11.6 Å². The Kier molecular flexibility index (Phi) is 5.00. The molecule has 0 atom stereocenters. The van der Waals surface area contributed by atoms with Crippen molar-refractivity contribution in [2.24, 2.45) is 12.5 Å². The number of hydrogen-bond acceptors (Lipinski definition) is 3. The van der Waals surface area contributed by atoms with Crippen LogP contribution in [0.2, 0.25) is 0 Å². The zero-order chi connectivity index (χ0) is 12.9. The first-order chi connectivity index (χ1) is 8.08. The van der Waals surface area contributed by atoms with Gasteiger partial charge in [0, 0.05) is 37.3 Å².